The monoisotopic (exact) mass is 230 g/mol. The van der Waals surface area contributed by atoms with Crippen LogP contribution in [0.25, 0.3) is 6.08 Å². The highest BCUT2D eigenvalue weighted by Crippen LogP contribution is 2.40. The Morgan fingerprint density at radius 3 is 2.29 bits per heavy atom. The van der Waals surface area contributed by atoms with Crippen molar-refractivity contribution in [3.05, 3.63) is 29.7 Å². The van der Waals surface area contributed by atoms with Crippen molar-refractivity contribution in [2.45, 2.75) is 25.7 Å². The summed E-state index contributed by atoms with van der Waals surface area (Å²) in [6, 6.07) is 3.51. The van der Waals surface area contributed by atoms with Crippen molar-refractivity contribution < 1.29 is 14.0 Å². The fourth-order valence-electron chi connectivity index (χ4n) is 2.94. The minimum absolute atomic E-state index is 0.0242. The van der Waals surface area contributed by atoms with Gasteiger partial charge in [-0.05, 0) is 31.1 Å². The van der Waals surface area contributed by atoms with E-state index in [9.17, 15) is 9.59 Å². The summed E-state index contributed by atoms with van der Waals surface area (Å²) in [6.45, 7) is 0. The molecule has 2 fully saturated rings. The molecule has 0 spiro atoms. The molecular formula is C14H14O3. The largest absolute Gasteiger partial charge is 0.465 e. The van der Waals surface area contributed by atoms with E-state index in [0.717, 1.165) is 25.7 Å². The van der Waals surface area contributed by atoms with Crippen LogP contribution in [0.4, 0.5) is 0 Å². The molecule has 1 aromatic heterocycles. The maximum absolute atomic E-state index is 12.1. The molecule has 2 aliphatic rings. The number of hydrogen-bond donors (Lipinski definition) is 0. The number of Topliss-reactive ketones (excluding diaryl/α,β-unsaturated/α-hetero) is 2. The van der Waals surface area contributed by atoms with Crippen molar-refractivity contribution in [2.24, 2.45) is 11.8 Å². The molecule has 0 radical (unpaired) electrons. The average Bonchev–Trinajstić information content (AvgIpc) is 2.94. The minimum atomic E-state index is -0.0579. The van der Waals surface area contributed by atoms with Crippen LogP contribution in [0.5, 0.6) is 0 Å². The quantitative estimate of drug-likeness (QED) is 0.550. The first-order chi connectivity index (χ1) is 8.27. The van der Waals surface area contributed by atoms with Gasteiger partial charge in [0.15, 0.2) is 11.6 Å². The first kappa shape index (κ1) is 10.5. The van der Waals surface area contributed by atoms with Crippen LogP contribution in [-0.2, 0) is 9.59 Å². The van der Waals surface area contributed by atoms with Gasteiger partial charge in [-0.1, -0.05) is 12.8 Å². The number of carbonyl (C=O) groups excluding carboxylic acids is 2. The number of allylic oxidation sites excluding steroid dienone is 1. The molecule has 0 aromatic carbocycles. The number of rotatable bonds is 1. The highest BCUT2D eigenvalue weighted by atomic mass is 16.3. The van der Waals surface area contributed by atoms with Gasteiger partial charge in [-0.15, -0.1) is 0 Å². The van der Waals surface area contributed by atoms with E-state index in [1.807, 2.05) is 0 Å². The Bertz CT molecular complexity index is 456. The smallest absolute Gasteiger partial charge is 0.170 e. The average molecular weight is 230 g/mol. The van der Waals surface area contributed by atoms with Crippen LogP contribution >= 0.6 is 0 Å². The summed E-state index contributed by atoms with van der Waals surface area (Å²) < 4.78 is 5.16. The highest BCUT2D eigenvalue weighted by molar-refractivity contribution is 6.29. The van der Waals surface area contributed by atoms with E-state index in [0.29, 0.717) is 11.3 Å². The van der Waals surface area contributed by atoms with Crippen LogP contribution in [0.2, 0.25) is 0 Å². The molecule has 17 heavy (non-hydrogen) atoms. The molecule has 0 bridgehead atoms. The Balaban J connectivity index is 1.96. The lowest BCUT2D eigenvalue weighted by molar-refractivity contribution is -0.120. The van der Waals surface area contributed by atoms with Crippen molar-refractivity contribution in [2.75, 3.05) is 0 Å². The molecule has 1 aromatic rings. The molecule has 88 valence electrons. The normalized spacial score (nSPS) is 28.4. The van der Waals surface area contributed by atoms with Gasteiger partial charge in [0.1, 0.15) is 5.76 Å². The van der Waals surface area contributed by atoms with E-state index in [-0.39, 0.29) is 23.4 Å². The van der Waals surface area contributed by atoms with Crippen LogP contribution in [-0.4, -0.2) is 11.6 Å². The molecular weight excluding hydrogens is 216 g/mol. The molecule has 0 N–H and O–H groups in total. The van der Waals surface area contributed by atoms with Crippen molar-refractivity contribution >= 4 is 17.6 Å². The maximum atomic E-state index is 12.1. The van der Waals surface area contributed by atoms with Gasteiger partial charge in [-0.25, -0.2) is 0 Å². The van der Waals surface area contributed by atoms with Gasteiger partial charge in [0, 0.05) is 11.8 Å². The van der Waals surface area contributed by atoms with Gasteiger partial charge in [-0.2, -0.15) is 0 Å². The Morgan fingerprint density at radius 2 is 1.76 bits per heavy atom. The number of fused-ring (bicyclic) bond motifs is 1. The predicted octanol–water partition coefficient (Wildman–Crippen LogP) is 2.62. The van der Waals surface area contributed by atoms with Crippen molar-refractivity contribution in [1.82, 2.24) is 0 Å². The van der Waals surface area contributed by atoms with E-state index in [1.165, 1.54) is 0 Å². The number of ketones is 2. The molecule has 2 aliphatic carbocycles. The first-order valence-corrected chi connectivity index (χ1v) is 6.11. The molecule has 3 rings (SSSR count). The van der Waals surface area contributed by atoms with Crippen LogP contribution < -0.4 is 0 Å². The molecule has 2 saturated carbocycles. The summed E-state index contributed by atoms with van der Waals surface area (Å²) in [5.41, 5.74) is 0.344. The lowest BCUT2D eigenvalue weighted by Crippen LogP contribution is -2.21. The molecule has 0 aliphatic heterocycles. The molecule has 1 heterocycles. The van der Waals surface area contributed by atoms with Crippen LogP contribution in [0.1, 0.15) is 31.4 Å². The molecule has 3 heteroatoms. The number of carbonyl (C=O) groups is 2. The summed E-state index contributed by atoms with van der Waals surface area (Å²) in [6.07, 6.45) is 7.00. The summed E-state index contributed by atoms with van der Waals surface area (Å²) >= 11 is 0. The lowest BCUT2D eigenvalue weighted by Gasteiger charge is -2.21. The van der Waals surface area contributed by atoms with Crippen molar-refractivity contribution in [1.29, 1.82) is 0 Å². The zero-order chi connectivity index (χ0) is 11.8. The van der Waals surface area contributed by atoms with Gasteiger partial charge >= 0.3 is 0 Å². The Kier molecular flexibility index (Phi) is 2.46. The summed E-state index contributed by atoms with van der Waals surface area (Å²) in [5, 5.41) is 0. The first-order valence-electron chi connectivity index (χ1n) is 6.11. The van der Waals surface area contributed by atoms with Gasteiger partial charge in [0.2, 0.25) is 0 Å². The van der Waals surface area contributed by atoms with E-state index < -0.39 is 0 Å². The standard InChI is InChI=1S/C14H14O3/c15-13-10-5-1-2-6-11(10)14(16)12(13)8-9-4-3-7-17-9/h3-4,7-8,10-11H,1-2,5-6H2/t10-,11-/m1/s1. The second-order valence-corrected chi connectivity index (χ2v) is 4.80. The Labute approximate surface area is 99.5 Å². The molecule has 0 amide bonds. The van der Waals surface area contributed by atoms with Gasteiger partial charge in [0.05, 0.1) is 11.8 Å². The van der Waals surface area contributed by atoms with E-state index in [2.05, 4.69) is 0 Å². The molecule has 3 nitrogen and oxygen atoms in total. The van der Waals surface area contributed by atoms with Crippen molar-refractivity contribution in [3.63, 3.8) is 0 Å². The third kappa shape index (κ3) is 1.66. The second kappa shape index (κ2) is 3.99. The molecule has 2 atom stereocenters. The summed E-state index contributed by atoms with van der Waals surface area (Å²) in [5.74, 6) is 0.516. The fourth-order valence-corrected chi connectivity index (χ4v) is 2.94. The number of furan rings is 1. The fraction of sp³-hybridized carbons (Fsp3) is 0.429. The maximum Gasteiger partial charge on any atom is 0.170 e. The van der Waals surface area contributed by atoms with Crippen molar-refractivity contribution in [3.8, 4) is 0 Å². The van der Waals surface area contributed by atoms with Crippen LogP contribution in [0.3, 0.4) is 0 Å². The Morgan fingerprint density at radius 1 is 1.12 bits per heavy atom. The van der Waals surface area contributed by atoms with Gasteiger partial charge in [0.25, 0.3) is 0 Å². The highest BCUT2D eigenvalue weighted by Gasteiger charge is 2.46. The predicted molar refractivity (Wildman–Crippen MR) is 62.1 cm³/mol. The van der Waals surface area contributed by atoms with Gasteiger partial charge < -0.3 is 4.42 Å². The van der Waals surface area contributed by atoms with Gasteiger partial charge in [-0.3, -0.25) is 9.59 Å². The summed E-state index contributed by atoms with van der Waals surface area (Å²) in [7, 11) is 0. The SMILES string of the molecule is O=C1C(=Cc2ccco2)C(=O)[C@@H]2CCCC[C@@H]12. The third-order valence-electron chi connectivity index (χ3n) is 3.80. The lowest BCUT2D eigenvalue weighted by atomic mass is 9.81. The topological polar surface area (TPSA) is 47.3 Å². The molecule has 0 unspecified atom stereocenters. The number of hydrogen-bond acceptors (Lipinski definition) is 3. The van der Waals surface area contributed by atoms with E-state index >= 15 is 0 Å². The zero-order valence-electron chi connectivity index (χ0n) is 9.52. The summed E-state index contributed by atoms with van der Waals surface area (Å²) in [4.78, 5) is 24.3. The van der Waals surface area contributed by atoms with Crippen LogP contribution in [0.15, 0.2) is 28.4 Å². The van der Waals surface area contributed by atoms with Crippen LogP contribution in [0, 0.1) is 11.8 Å². The Hall–Kier alpha value is -1.64. The van der Waals surface area contributed by atoms with E-state index in [4.69, 9.17) is 4.42 Å². The zero-order valence-corrected chi connectivity index (χ0v) is 9.52. The second-order valence-electron chi connectivity index (χ2n) is 4.80. The molecule has 0 saturated heterocycles. The minimum Gasteiger partial charge on any atom is -0.465 e. The third-order valence-corrected chi connectivity index (χ3v) is 3.80. The van der Waals surface area contributed by atoms with E-state index in [1.54, 1.807) is 24.5 Å².